The summed E-state index contributed by atoms with van der Waals surface area (Å²) in [5.41, 5.74) is 1.24. The fourth-order valence-electron chi connectivity index (χ4n) is 3.42. The Hall–Kier alpha value is -1.88. The molecule has 4 nitrogen and oxygen atoms in total. The van der Waals surface area contributed by atoms with Gasteiger partial charge in [-0.3, -0.25) is 4.79 Å². The Morgan fingerprint density at radius 3 is 2.76 bits per heavy atom. The van der Waals surface area contributed by atoms with Gasteiger partial charge < -0.3 is 15.7 Å². The van der Waals surface area contributed by atoms with E-state index in [0.717, 1.165) is 17.7 Å². The van der Waals surface area contributed by atoms with Crippen molar-refractivity contribution in [1.82, 2.24) is 10.6 Å². The molecule has 1 fully saturated rings. The zero-order valence-electron chi connectivity index (χ0n) is 14.0. The summed E-state index contributed by atoms with van der Waals surface area (Å²) in [6.45, 7) is 1.21. The van der Waals surface area contributed by atoms with E-state index in [1.54, 1.807) is 0 Å². The molecular formula is C20H23ClN2O2. The smallest absolute Gasteiger partial charge is 0.221 e. The molecule has 3 rings (SSSR count). The Morgan fingerprint density at radius 2 is 2.04 bits per heavy atom. The van der Waals surface area contributed by atoms with Gasteiger partial charge in [0.15, 0.2) is 0 Å². The number of hydrogen-bond acceptors (Lipinski definition) is 3. The minimum Gasteiger partial charge on any atom is -0.389 e. The van der Waals surface area contributed by atoms with Gasteiger partial charge >= 0.3 is 0 Å². The lowest BCUT2D eigenvalue weighted by molar-refractivity contribution is -0.125. The number of piperidine rings is 1. The van der Waals surface area contributed by atoms with Crippen LogP contribution in [-0.2, 0) is 16.8 Å². The Labute approximate surface area is 153 Å². The summed E-state index contributed by atoms with van der Waals surface area (Å²) >= 11 is 6.00. The van der Waals surface area contributed by atoms with E-state index in [1.807, 2.05) is 54.6 Å². The molecule has 2 aromatic carbocycles. The van der Waals surface area contributed by atoms with E-state index >= 15 is 0 Å². The molecule has 0 unspecified atom stereocenters. The Kier molecular flexibility index (Phi) is 5.74. The molecular weight excluding hydrogens is 336 g/mol. The molecule has 0 aliphatic carbocycles. The molecule has 3 N–H and O–H groups in total. The van der Waals surface area contributed by atoms with Crippen LogP contribution in [0.25, 0.3) is 0 Å². The monoisotopic (exact) mass is 358 g/mol. The van der Waals surface area contributed by atoms with Crippen molar-refractivity contribution >= 4 is 17.5 Å². The predicted molar refractivity (Wildman–Crippen MR) is 99.5 cm³/mol. The van der Waals surface area contributed by atoms with E-state index in [-0.39, 0.29) is 5.91 Å². The van der Waals surface area contributed by atoms with Gasteiger partial charge in [0.05, 0.1) is 11.6 Å². The number of benzene rings is 2. The average Bonchev–Trinajstić information content (AvgIpc) is 2.63. The van der Waals surface area contributed by atoms with Gasteiger partial charge in [0.2, 0.25) is 5.91 Å². The van der Waals surface area contributed by atoms with E-state index in [1.165, 1.54) is 0 Å². The Bertz CT molecular complexity index is 723. The Balaban J connectivity index is 1.73. The van der Waals surface area contributed by atoms with E-state index in [2.05, 4.69) is 10.6 Å². The maximum absolute atomic E-state index is 12.6. The van der Waals surface area contributed by atoms with Crippen molar-refractivity contribution < 1.29 is 9.90 Å². The zero-order chi connectivity index (χ0) is 17.7. The highest BCUT2D eigenvalue weighted by atomic mass is 35.5. The number of aryl methyl sites for hydroxylation is 1. The number of nitrogens with one attached hydrogen (secondary N) is 2. The maximum Gasteiger partial charge on any atom is 0.221 e. The quantitative estimate of drug-likeness (QED) is 0.770. The topological polar surface area (TPSA) is 61.4 Å². The van der Waals surface area contributed by atoms with Crippen LogP contribution in [0.1, 0.15) is 24.0 Å². The van der Waals surface area contributed by atoms with Gasteiger partial charge in [0.1, 0.15) is 0 Å². The van der Waals surface area contributed by atoms with E-state index in [4.69, 9.17) is 11.6 Å². The van der Waals surface area contributed by atoms with Crippen molar-refractivity contribution in [3.05, 3.63) is 70.7 Å². The maximum atomic E-state index is 12.6. The second-order valence-corrected chi connectivity index (χ2v) is 6.92. The van der Waals surface area contributed by atoms with Crippen molar-refractivity contribution in [3.63, 3.8) is 0 Å². The number of β-amino-alcohol motifs (C(OH)–C–C–N with tert-alkyl or cyclic N) is 1. The van der Waals surface area contributed by atoms with E-state index in [0.29, 0.717) is 30.8 Å². The SMILES string of the molecule is O=C(CCc1cccc(Cl)c1)N[C@]1(c2ccccc2)CCNC[C@H]1O. The van der Waals surface area contributed by atoms with Crippen LogP contribution in [-0.4, -0.2) is 30.2 Å². The molecule has 1 heterocycles. The molecule has 0 saturated carbocycles. The first-order valence-electron chi connectivity index (χ1n) is 8.60. The van der Waals surface area contributed by atoms with Crippen molar-refractivity contribution in [2.24, 2.45) is 0 Å². The van der Waals surface area contributed by atoms with Gasteiger partial charge in [-0.25, -0.2) is 0 Å². The molecule has 132 valence electrons. The van der Waals surface area contributed by atoms with Gasteiger partial charge in [-0.2, -0.15) is 0 Å². The lowest BCUT2D eigenvalue weighted by atomic mass is 9.79. The molecule has 1 aliphatic heterocycles. The lowest BCUT2D eigenvalue weighted by Crippen LogP contribution is -2.61. The third-order valence-corrected chi connectivity index (χ3v) is 5.02. The van der Waals surface area contributed by atoms with Gasteiger partial charge in [-0.05, 0) is 42.6 Å². The highest BCUT2D eigenvalue weighted by molar-refractivity contribution is 6.30. The molecule has 0 spiro atoms. The summed E-state index contributed by atoms with van der Waals surface area (Å²) in [5.74, 6) is -0.0650. The summed E-state index contributed by atoms with van der Waals surface area (Å²) in [6, 6.07) is 17.3. The first-order chi connectivity index (χ1) is 12.1. The molecule has 1 saturated heterocycles. The van der Waals surface area contributed by atoms with E-state index in [9.17, 15) is 9.90 Å². The average molecular weight is 359 g/mol. The van der Waals surface area contributed by atoms with E-state index < -0.39 is 11.6 Å². The Morgan fingerprint density at radius 1 is 1.24 bits per heavy atom. The van der Waals surface area contributed by atoms with Gasteiger partial charge in [0.25, 0.3) is 0 Å². The third kappa shape index (κ3) is 4.21. The molecule has 2 aromatic rings. The van der Waals surface area contributed by atoms with Crippen LogP contribution in [0.15, 0.2) is 54.6 Å². The second-order valence-electron chi connectivity index (χ2n) is 6.49. The molecule has 5 heteroatoms. The molecule has 0 aromatic heterocycles. The number of aliphatic hydroxyl groups is 1. The standard InChI is InChI=1S/C20H23ClN2O2/c21-17-8-4-5-15(13-17)9-10-19(25)23-20(11-12-22-14-18(20)24)16-6-2-1-3-7-16/h1-8,13,18,22,24H,9-12,14H2,(H,23,25)/t18-,20+/m1/s1. The minimum atomic E-state index is -0.738. The number of amides is 1. The fourth-order valence-corrected chi connectivity index (χ4v) is 3.63. The van der Waals surface area contributed by atoms with Crippen LogP contribution < -0.4 is 10.6 Å². The largest absolute Gasteiger partial charge is 0.389 e. The normalized spacial score (nSPS) is 23.2. The first-order valence-corrected chi connectivity index (χ1v) is 8.98. The van der Waals surface area contributed by atoms with Crippen LogP contribution in [0.4, 0.5) is 0 Å². The minimum absolute atomic E-state index is 0.0650. The van der Waals surface area contributed by atoms with Gasteiger partial charge in [0, 0.05) is 18.0 Å². The number of halogens is 1. The molecule has 1 amide bonds. The highest BCUT2D eigenvalue weighted by Gasteiger charge is 2.42. The number of rotatable bonds is 5. The zero-order valence-corrected chi connectivity index (χ0v) is 14.8. The van der Waals surface area contributed by atoms with Crippen LogP contribution in [0, 0.1) is 0 Å². The molecule has 1 aliphatic rings. The van der Waals surface area contributed by atoms with Crippen LogP contribution in [0.2, 0.25) is 5.02 Å². The highest BCUT2D eigenvalue weighted by Crippen LogP contribution is 2.31. The molecule has 0 bridgehead atoms. The number of carbonyl (C=O) groups is 1. The molecule has 25 heavy (non-hydrogen) atoms. The van der Waals surface area contributed by atoms with Gasteiger partial charge in [-0.15, -0.1) is 0 Å². The second kappa shape index (κ2) is 8.00. The number of carbonyl (C=O) groups excluding carboxylic acids is 1. The fraction of sp³-hybridized carbons (Fsp3) is 0.350. The molecule has 0 radical (unpaired) electrons. The van der Waals surface area contributed by atoms with Crippen LogP contribution >= 0.6 is 11.6 Å². The summed E-state index contributed by atoms with van der Waals surface area (Å²) < 4.78 is 0. The lowest BCUT2D eigenvalue weighted by Gasteiger charge is -2.43. The van der Waals surface area contributed by atoms with Crippen LogP contribution in [0.5, 0.6) is 0 Å². The summed E-state index contributed by atoms with van der Waals surface area (Å²) in [4.78, 5) is 12.6. The summed E-state index contributed by atoms with van der Waals surface area (Å²) in [7, 11) is 0. The van der Waals surface area contributed by atoms with Crippen molar-refractivity contribution in [3.8, 4) is 0 Å². The van der Waals surface area contributed by atoms with Gasteiger partial charge in [-0.1, -0.05) is 54.1 Å². The predicted octanol–water partition coefficient (Wildman–Crippen LogP) is 2.64. The number of hydrogen-bond donors (Lipinski definition) is 3. The molecule has 2 atom stereocenters. The van der Waals surface area contributed by atoms with Crippen molar-refractivity contribution in [2.75, 3.05) is 13.1 Å². The third-order valence-electron chi connectivity index (χ3n) is 4.78. The van der Waals surface area contributed by atoms with Crippen molar-refractivity contribution in [1.29, 1.82) is 0 Å². The first kappa shape index (κ1) is 17.9. The van der Waals surface area contributed by atoms with Crippen molar-refractivity contribution in [2.45, 2.75) is 30.9 Å². The summed E-state index contributed by atoms with van der Waals surface area (Å²) in [5, 5.41) is 17.6. The summed E-state index contributed by atoms with van der Waals surface area (Å²) in [6.07, 6.45) is 0.959. The number of aliphatic hydroxyl groups excluding tert-OH is 1. The van der Waals surface area contributed by atoms with Crippen LogP contribution in [0.3, 0.4) is 0 Å².